The van der Waals surface area contributed by atoms with E-state index in [-0.39, 0.29) is 0 Å². The Morgan fingerprint density at radius 3 is 1.21 bits per heavy atom. The second kappa shape index (κ2) is 15.2. The minimum atomic E-state index is -1.79. The van der Waals surface area contributed by atoms with Gasteiger partial charge in [0.1, 0.15) is 11.5 Å². The number of hydrogen-bond acceptors (Lipinski definition) is 4. The largest absolute Gasteiger partial charge is 0.508 e. The highest BCUT2D eigenvalue weighted by atomic mass is 28.4. The Morgan fingerprint density at radius 2 is 0.905 bits per heavy atom. The van der Waals surface area contributed by atoms with E-state index in [1.54, 1.807) is 0 Å². The van der Waals surface area contributed by atoms with Gasteiger partial charge in [-0.1, -0.05) is 38.1 Å². The molecule has 0 bridgehead atoms. The molecule has 2 atom stereocenters. The minimum absolute atomic E-state index is 0.383. The van der Waals surface area contributed by atoms with Crippen molar-refractivity contribution in [3.8, 4) is 11.5 Å². The van der Waals surface area contributed by atoms with Crippen LogP contribution in [-0.2, 0) is 21.1 Å². The molecule has 0 aliphatic carbocycles. The Morgan fingerprint density at radius 1 is 0.571 bits per heavy atom. The summed E-state index contributed by atoms with van der Waals surface area (Å²) in [6.07, 6.45) is 4.38. The third-order valence-electron chi connectivity index (χ3n) is 8.71. The van der Waals surface area contributed by atoms with Gasteiger partial charge < -0.3 is 18.4 Å². The van der Waals surface area contributed by atoms with Gasteiger partial charge in [-0.15, -0.1) is 0 Å². The van der Waals surface area contributed by atoms with Gasteiger partial charge in [-0.05, 0) is 162 Å². The summed E-state index contributed by atoms with van der Waals surface area (Å²) in [4.78, 5) is 0. The van der Waals surface area contributed by atoms with Gasteiger partial charge in [0.15, 0.2) is 33.3 Å². The molecule has 8 heteroatoms. The summed E-state index contributed by atoms with van der Waals surface area (Å²) < 4.78 is 14.1. The molecule has 0 saturated carbocycles. The molecule has 0 fully saturated rings. The lowest BCUT2D eigenvalue weighted by Crippen LogP contribution is -2.47. The van der Waals surface area contributed by atoms with E-state index in [0.29, 0.717) is 23.3 Å². The van der Waals surface area contributed by atoms with Crippen LogP contribution in [0.25, 0.3) is 0 Å². The molecule has 0 aliphatic heterocycles. The number of benzene rings is 2. The van der Waals surface area contributed by atoms with Crippen LogP contribution in [0.1, 0.15) is 48.9 Å². The van der Waals surface area contributed by atoms with Crippen LogP contribution in [0.2, 0.25) is 76.6 Å². The van der Waals surface area contributed by atoms with Gasteiger partial charge in [-0.2, -0.15) is 0 Å². The van der Waals surface area contributed by atoms with Crippen LogP contribution in [-0.4, -0.2) is 43.5 Å². The van der Waals surface area contributed by atoms with Crippen molar-refractivity contribution in [2.75, 3.05) is 0 Å². The Labute approximate surface area is 262 Å². The average molecular weight is 647 g/mol. The first-order chi connectivity index (χ1) is 19.2. The predicted octanol–water partition coefficient (Wildman–Crippen LogP) is 10.4. The van der Waals surface area contributed by atoms with Crippen LogP contribution < -0.4 is 0 Å². The molecule has 2 aromatic rings. The summed E-state index contributed by atoms with van der Waals surface area (Å²) in [5.41, 5.74) is 4.53. The molecular weight excluding hydrogens is 585 g/mol. The van der Waals surface area contributed by atoms with E-state index in [4.69, 9.17) is 8.23 Å². The quantitative estimate of drug-likeness (QED) is 0.168. The van der Waals surface area contributed by atoms with Crippen LogP contribution in [0.5, 0.6) is 11.5 Å². The van der Waals surface area contributed by atoms with Gasteiger partial charge in [0.2, 0.25) is 0 Å². The topological polar surface area (TPSA) is 58.9 Å². The fourth-order valence-corrected chi connectivity index (χ4v) is 26.2. The molecule has 42 heavy (non-hydrogen) atoms. The SMILES string of the molecule is Cc1cc(CCC[Si](C)(C)O[Si](C)(C)CC(C)C(C)C[Si](C)(C)O[Si](C)(C)CCCc2ccc(O)c(C)c2)ccc1O. The zero-order valence-corrected chi connectivity index (χ0v) is 33.0. The fraction of sp³-hybridized carbons (Fsp3) is 0.647. The lowest BCUT2D eigenvalue weighted by molar-refractivity contribution is 0.406. The van der Waals surface area contributed by atoms with Crippen molar-refractivity contribution >= 4 is 33.3 Å². The molecule has 2 N–H and O–H groups in total. The lowest BCUT2D eigenvalue weighted by Gasteiger charge is -2.39. The summed E-state index contributed by atoms with van der Waals surface area (Å²) in [7, 11) is -7.09. The van der Waals surface area contributed by atoms with Gasteiger partial charge in [0.05, 0.1) is 0 Å². The second-order valence-corrected chi connectivity index (χ2v) is 33.1. The highest BCUT2D eigenvalue weighted by Crippen LogP contribution is 2.34. The lowest BCUT2D eigenvalue weighted by atomic mass is 10.0. The van der Waals surface area contributed by atoms with Gasteiger partial charge in [0, 0.05) is 0 Å². The summed E-state index contributed by atoms with van der Waals surface area (Å²) in [5.74, 6) is 2.03. The molecule has 0 aliphatic rings. The van der Waals surface area contributed by atoms with Crippen molar-refractivity contribution in [3.63, 3.8) is 0 Å². The maximum atomic E-state index is 9.81. The number of hydrogen-bond donors (Lipinski definition) is 2. The third-order valence-corrected chi connectivity index (χ3v) is 23.9. The number of phenols is 2. The standard InChI is InChI=1S/C34H62O4Si4/c1-27-23-31(17-19-33(27)35)15-13-21-39(5,6)37-41(9,10)25-29(3)30(4)26-42(11,12)38-40(7,8)22-14-16-32-18-20-34(36)28(2)24-32/h17-20,23-24,29-30,35-36H,13-16,21-22,25-26H2,1-12H3. The first-order valence-electron chi connectivity index (χ1n) is 16.2. The van der Waals surface area contributed by atoms with Crippen LogP contribution in [0, 0.1) is 25.7 Å². The van der Waals surface area contributed by atoms with Crippen molar-refractivity contribution < 1.29 is 18.4 Å². The van der Waals surface area contributed by atoms with Gasteiger partial charge in [0.25, 0.3) is 0 Å². The van der Waals surface area contributed by atoms with Crippen LogP contribution >= 0.6 is 0 Å². The van der Waals surface area contributed by atoms with E-state index in [9.17, 15) is 10.2 Å². The van der Waals surface area contributed by atoms with Crippen LogP contribution in [0.3, 0.4) is 0 Å². The van der Waals surface area contributed by atoms with E-state index in [1.807, 2.05) is 26.0 Å². The molecule has 0 heterocycles. The van der Waals surface area contributed by atoms with Crippen LogP contribution in [0.15, 0.2) is 36.4 Å². The van der Waals surface area contributed by atoms with Gasteiger partial charge in [-0.3, -0.25) is 0 Å². The molecule has 2 rings (SSSR count). The zero-order chi connectivity index (χ0) is 31.9. The summed E-state index contributed by atoms with van der Waals surface area (Å²) in [6.45, 7) is 28.1. The number of rotatable bonds is 17. The monoisotopic (exact) mass is 646 g/mol. The second-order valence-electron chi connectivity index (χ2n) is 15.6. The Bertz CT molecular complexity index is 1060. The number of aromatic hydroxyl groups is 2. The number of phenolic OH excluding ortho intramolecular Hbond substituents is 2. The van der Waals surface area contributed by atoms with Crippen molar-refractivity contribution in [2.45, 2.75) is 130 Å². The van der Waals surface area contributed by atoms with E-state index in [1.165, 1.54) is 35.3 Å². The Balaban J connectivity index is 1.82. The predicted molar refractivity (Wildman–Crippen MR) is 192 cm³/mol. The highest BCUT2D eigenvalue weighted by molar-refractivity contribution is 6.85. The molecule has 238 valence electrons. The Kier molecular flexibility index (Phi) is 13.4. The van der Waals surface area contributed by atoms with Gasteiger partial charge in [-0.25, -0.2) is 0 Å². The highest BCUT2D eigenvalue weighted by Gasteiger charge is 2.38. The molecule has 4 nitrogen and oxygen atoms in total. The fourth-order valence-electron chi connectivity index (χ4n) is 6.82. The average Bonchev–Trinajstić information content (AvgIpc) is 2.81. The number of aryl methyl sites for hydroxylation is 4. The molecule has 0 radical (unpaired) electrons. The van der Waals surface area contributed by atoms with E-state index in [2.05, 4.69) is 90.5 Å². The van der Waals surface area contributed by atoms with Gasteiger partial charge >= 0.3 is 0 Å². The summed E-state index contributed by atoms with van der Waals surface area (Å²) >= 11 is 0. The normalized spacial score (nSPS) is 14.7. The third kappa shape index (κ3) is 13.2. The molecule has 2 unspecified atom stereocenters. The smallest absolute Gasteiger partial charge is 0.173 e. The maximum Gasteiger partial charge on any atom is 0.173 e. The van der Waals surface area contributed by atoms with Crippen molar-refractivity contribution in [2.24, 2.45) is 11.8 Å². The zero-order valence-electron chi connectivity index (χ0n) is 29.0. The van der Waals surface area contributed by atoms with E-state index < -0.39 is 33.3 Å². The molecule has 0 spiro atoms. The molecule has 0 amide bonds. The Hall–Kier alpha value is -1.17. The van der Waals surface area contributed by atoms with Crippen molar-refractivity contribution in [3.05, 3.63) is 58.7 Å². The maximum absolute atomic E-state index is 9.81. The van der Waals surface area contributed by atoms with Crippen LogP contribution in [0.4, 0.5) is 0 Å². The molecule has 0 aromatic heterocycles. The first kappa shape index (κ1) is 37.0. The summed E-state index contributed by atoms with van der Waals surface area (Å²) in [6, 6.07) is 16.7. The summed E-state index contributed by atoms with van der Waals surface area (Å²) in [5, 5.41) is 19.6. The van der Waals surface area contributed by atoms with Crippen molar-refractivity contribution in [1.82, 2.24) is 0 Å². The first-order valence-corrected chi connectivity index (χ1v) is 28.6. The molecule has 2 aromatic carbocycles. The molecule has 0 saturated heterocycles. The van der Waals surface area contributed by atoms with E-state index in [0.717, 1.165) is 36.8 Å². The van der Waals surface area contributed by atoms with E-state index >= 15 is 0 Å². The molecular formula is C34H62O4Si4. The minimum Gasteiger partial charge on any atom is -0.508 e. The van der Waals surface area contributed by atoms with Crippen molar-refractivity contribution in [1.29, 1.82) is 0 Å².